The van der Waals surface area contributed by atoms with Gasteiger partial charge in [0.15, 0.2) is 5.76 Å². The van der Waals surface area contributed by atoms with Crippen LogP contribution >= 0.6 is 0 Å². The first-order valence-corrected chi connectivity index (χ1v) is 9.86. The summed E-state index contributed by atoms with van der Waals surface area (Å²) in [5, 5.41) is 19.6. The Kier molecular flexibility index (Phi) is 4.42. The van der Waals surface area contributed by atoms with Crippen molar-refractivity contribution in [3.63, 3.8) is 0 Å². The minimum atomic E-state index is -1.42. The van der Waals surface area contributed by atoms with Gasteiger partial charge in [-0.15, -0.1) is 0 Å². The van der Waals surface area contributed by atoms with E-state index in [0.717, 1.165) is 24.0 Å². The van der Waals surface area contributed by atoms with Gasteiger partial charge >= 0.3 is 6.16 Å². The fraction of sp³-hybridized carbons (Fsp3) is 0.333. The second-order valence-electron chi connectivity index (χ2n) is 9.16. The topological polar surface area (TPSA) is 97.0 Å². The Bertz CT molecular complexity index is 1220. The number of aromatic hydroxyl groups is 1. The molecule has 156 valence electrons. The molecule has 0 bridgehead atoms. The maximum Gasteiger partial charge on any atom is 0.511 e. The second-order valence-corrected chi connectivity index (χ2v) is 9.16. The summed E-state index contributed by atoms with van der Waals surface area (Å²) in [4.78, 5) is 23.6. The van der Waals surface area contributed by atoms with Gasteiger partial charge in [0, 0.05) is 5.56 Å². The Morgan fingerprint density at radius 2 is 1.57 bits per heavy atom. The monoisotopic (exact) mass is 408 g/mol. The van der Waals surface area contributed by atoms with E-state index in [4.69, 9.17) is 9.52 Å². The van der Waals surface area contributed by atoms with Gasteiger partial charge < -0.3 is 19.4 Å². The minimum absolute atomic E-state index is 0.0437. The summed E-state index contributed by atoms with van der Waals surface area (Å²) in [7, 11) is 0. The van der Waals surface area contributed by atoms with Gasteiger partial charge in [-0.2, -0.15) is 0 Å². The third-order valence-electron chi connectivity index (χ3n) is 6.16. The van der Waals surface area contributed by atoms with Gasteiger partial charge in [0.1, 0.15) is 11.3 Å². The van der Waals surface area contributed by atoms with Crippen molar-refractivity contribution in [1.82, 2.24) is 0 Å². The summed E-state index contributed by atoms with van der Waals surface area (Å²) in [6, 6.07) is 9.74. The van der Waals surface area contributed by atoms with Crippen molar-refractivity contribution in [1.29, 1.82) is 0 Å². The molecular formula is C24H24O6. The van der Waals surface area contributed by atoms with Gasteiger partial charge in [-0.3, -0.25) is 4.79 Å². The highest BCUT2D eigenvalue weighted by atomic mass is 16.7. The Morgan fingerprint density at radius 1 is 1.00 bits per heavy atom. The van der Waals surface area contributed by atoms with Gasteiger partial charge in [0.05, 0.1) is 5.39 Å². The Hall–Kier alpha value is -3.28. The number of carbonyl (C=O) groups is 1. The molecule has 0 amide bonds. The number of benzene rings is 2. The number of fused-ring (bicyclic) bond motifs is 2. The smallest absolute Gasteiger partial charge is 0.502 e. The summed E-state index contributed by atoms with van der Waals surface area (Å²) >= 11 is 0. The number of hydrogen-bond acceptors (Lipinski definition) is 5. The third kappa shape index (κ3) is 3.22. The molecule has 0 saturated heterocycles. The van der Waals surface area contributed by atoms with E-state index >= 15 is 0 Å². The van der Waals surface area contributed by atoms with Crippen LogP contribution in [0.5, 0.6) is 11.5 Å². The Morgan fingerprint density at radius 3 is 2.13 bits per heavy atom. The minimum Gasteiger partial charge on any atom is -0.502 e. The highest BCUT2D eigenvalue weighted by Crippen LogP contribution is 2.47. The fourth-order valence-corrected chi connectivity index (χ4v) is 4.22. The molecule has 0 atom stereocenters. The predicted molar refractivity (Wildman–Crippen MR) is 114 cm³/mol. The molecular weight excluding hydrogens is 384 g/mol. The molecule has 0 spiro atoms. The van der Waals surface area contributed by atoms with Gasteiger partial charge in [-0.25, -0.2) is 4.79 Å². The van der Waals surface area contributed by atoms with E-state index < -0.39 is 17.3 Å². The van der Waals surface area contributed by atoms with Crippen LogP contribution in [0.3, 0.4) is 0 Å². The molecule has 1 aliphatic rings. The van der Waals surface area contributed by atoms with Crippen LogP contribution in [0.25, 0.3) is 22.3 Å². The lowest BCUT2D eigenvalue weighted by Gasteiger charge is -2.41. The maximum atomic E-state index is 13.0. The van der Waals surface area contributed by atoms with Crippen LogP contribution in [0.15, 0.2) is 45.6 Å². The van der Waals surface area contributed by atoms with Crippen molar-refractivity contribution in [2.75, 3.05) is 0 Å². The molecule has 3 aromatic rings. The largest absolute Gasteiger partial charge is 0.511 e. The SMILES string of the molecule is CC1(C)CCC(C)(C)c2cc3c(=O)c(O)c(-c4ccc(OC(=O)O)cc4)oc3cc21. The first-order chi connectivity index (χ1) is 14.0. The number of carboxylic acid groups (broad SMARTS) is 1. The molecule has 0 unspecified atom stereocenters. The normalized spacial score (nSPS) is 16.8. The van der Waals surface area contributed by atoms with Crippen molar-refractivity contribution in [2.24, 2.45) is 0 Å². The first kappa shape index (κ1) is 20.0. The van der Waals surface area contributed by atoms with E-state index in [0.29, 0.717) is 16.5 Å². The molecule has 6 heteroatoms. The highest BCUT2D eigenvalue weighted by Gasteiger charge is 2.37. The number of ether oxygens (including phenoxy) is 1. The van der Waals surface area contributed by atoms with E-state index in [-0.39, 0.29) is 22.3 Å². The van der Waals surface area contributed by atoms with Crippen molar-refractivity contribution in [2.45, 2.75) is 51.4 Å². The van der Waals surface area contributed by atoms with E-state index in [1.165, 1.54) is 24.3 Å². The fourth-order valence-electron chi connectivity index (χ4n) is 4.22. The molecule has 0 fully saturated rings. The van der Waals surface area contributed by atoms with Gasteiger partial charge in [-0.1, -0.05) is 27.7 Å². The number of hydrogen-bond donors (Lipinski definition) is 2. The zero-order valence-electron chi connectivity index (χ0n) is 17.4. The van der Waals surface area contributed by atoms with Crippen molar-refractivity contribution in [3.05, 3.63) is 57.7 Å². The van der Waals surface area contributed by atoms with Crippen LogP contribution in [0.4, 0.5) is 4.79 Å². The Balaban J connectivity index is 1.91. The highest BCUT2D eigenvalue weighted by molar-refractivity contribution is 5.84. The summed E-state index contributed by atoms with van der Waals surface area (Å²) in [5.74, 6) is -0.295. The molecule has 1 heterocycles. The zero-order chi connectivity index (χ0) is 21.8. The average Bonchev–Trinajstić information content (AvgIpc) is 2.68. The standard InChI is InChI=1S/C24H24O6/c1-23(2)9-10-24(3,4)17-12-18-15(11-16(17)23)19(25)20(26)21(30-18)13-5-7-14(8-6-13)29-22(27)28/h5-8,11-12,26H,9-10H2,1-4H3,(H,27,28). The molecule has 0 radical (unpaired) electrons. The van der Waals surface area contributed by atoms with Crippen LogP contribution < -0.4 is 10.2 Å². The summed E-state index contributed by atoms with van der Waals surface area (Å²) in [6.45, 7) is 8.72. The van der Waals surface area contributed by atoms with Gasteiger partial charge in [-0.05, 0) is 71.2 Å². The average molecular weight is 408 g/mol. The Labute approximate surface area is 173 Å². The lowest BCUT2D eigenvalue weighted by Crippen LogP contribution is -2.34. The molecule has 0 aliphatic heterocycles. The third-order valence-corrected chi connectivity index (χ3v) is 6.16. The number of rotatable bonds is 2. The van der Waals surface area contributed by atoms with Crippen molar-refractivity contribution < 1.29 is 24.2 Å². The molecule has 30 heavy (non-hydrogen) atoms. The predicted octanol–water partition coefficient (Wildman–Crippen LogP) is 5.57. The van der Waals surface area contributed by atoms with Gasteiger partial charge in [0.2, 0.25) is 11.2 Å². The van der Waals surface area contributed by atoms with E-state index in [9.17, 15) is 14.7 Å². The van der Waals surface area contributed by atoms with E-state index in [1.807, 2.05) is 12.1 Å². The first-order valence-electron chi connectivity index (χ1n) is 9.86. The quantitative estimate of drug-likeness (QED) is 0.425. The van der Waals surface area contributed by atoms with Crippen molar-refractivity contribution in [3.8, 4) is 22.8 Å². The van der Waals surface area contributed by atoms with Crippen molar-refractivity contribution >= 4 is 17.1 Å². The maximum absolute atomic E-state index is 13.0. The lowest BCUT2D eigenvalue weighted by molar-refractivity contribution is 0.144. The lowest BCUT2D eigenvalue weighted by atomic mass is 9.63. The zero-order valence-corrected chi connectivity index (χ0v) is 17.4. The van der Waals surface area contributed by atoms with Crippen LogP contribution in [0.1, 0.15) is 51.7 Å². The molecule has 2 N–H and O–H groups in total. The summed E-state index contributed by atoms with van der Waals surface area (Å²) < 4.78 is 10.6. The summed E-state index contributed by atoms with van der Waals surface area (Å²) in [6.07, 6.45) is 0.621. The summed E-state index contributed by atoms with van der Waals surface area (Å²) in [5.41, 5.74) is 2.52. The molecule has 1 aromatic heterocycles. The van der Waals surface area contributed by atoms with Crippen LogP contribution in [-0.4, -0.2) is 16.4 Å². The molecule has 0 saturated carbocycles. The van der Waals surface area contributed by atoms with E-state index in [1.54, 1.807) is 0 Å². The van der Waals surface area contributed by atoms with Crippen LogP contribution in [0.2, 0.25) is 0 Å². The van der Waals surface area contributed by atoms with Crippen LogP contribution in [0, 0.1) is 0 Å². The molecule has 4 rings (SSSR count). The molecule has 2 aromatic carbocycles. The molecule has 6 nitrogen and oxygen atoms in total. The van der Waals surface area contributed by atoms with Crippen LogP contribution in [-0.2, 0) is 10.8 Å². The van der Waals surface area contributed by atoms with E-state index in [2.05, 4.69) is 32.4 Å². The van der Waals surface area contributed by atoms with Gasteiger partial charge in [0.25, 0.3) is 0 Å². The molecule has 1 aliphatic carbocycles. The second kappa shape index (κ2) is 6.62.